The van der Waals surface area contributed by atoms with Gasteiger partial charge in [0.25, 0.3) is 0 Å². The first kappa shape index (κ1) is 12.7. The Balaban J connectivity index is 2.06. The smallest absolute Gasteiger partial charge is 0.404 e. The van der Waals surface area contributed by atoms with Gasteiger partial charge in [-0.25, -0.2) is 0 Å². The molecule has 7 heteroatoms. The average molecular weight is 287 g/mol. The summed E-state index contributed by atoms with van der Waals surface area (Å²) in [5, 5.41) is 14.5. The molecular weight excluding hydrogens is 279 g/mol. The van der Waals surface area contributed by atoms with Gasteiger partial charge in [0, 0.05) is 5.02 Å². The summed E-state index contributed by atoms with van der Waals surface area (Å²) in [6.07, 6.45) is 0. The second kappa shape index (κ2) is 5.29. The average Bonchev–Trinajstić information content (AvgIpc) is 2.79. The fourth-order valence-corrected chi connectivity index (χ4v) is 1.73. The van der Waals surface area contributed by atoms with Crippen LogP contribution in [0.15, 0.2) is 34.7 Å². The number of nitrogens with zero attached hydrogens (tertiary/aromatic N) is 1. The molecule has 0 saturated heterocycles. The first-order valence-electron chi connectivity index (χ1n) is 4.98. The fourth-order valence-electron chi connectivity index (χ4n) is 1.38. The molecule has 1 heterocycles. The lowest BCUT2D eigenvalue weighted by atomic mass is 10.3. The Morgan fingerprint density at radius 1 is 1.28 bits per heavy atom. The van der Waals surface area contributed by atoms with Crippen LogP contribution < -0.4 is 5.32 Å². The van der Waals surface area contributed by atoms with Gasteiger partial charge < -0.3 is 9.73 Å². The minimum atomic E-state index is -0.587. The highest BCUT2D eigenvalue weighted by Crippen LogP contribution is 2.26. The van der Waals surface area contributed by atoms with Crippen molar-refractivity contribution in [3.63, 3.8) is 0 Å². The van der Waals surface area contributed by atoms with Crippen LogP contribution in [0.3, 0.4) is 0 Å². The van der Waals surface area contributed by atoms with Crippen LogP contribution in [0.2, 0.25) is 10.0 Å². The van der Waals surface area contributed by atoms with Gasteiger partial charge in [-0.2, -0.15) is 0 Å². The lowest BCUT2D eigenvalue weighted by Gasteiger charge is -2.06. The van der Waals surface area contributed by atoms with E-state index in [1.54, 1.807) is 18.2 Å². The van der Waals surface area contributed by atoms with Crippen LogP contribution in [0.1, 0.15) is 5.76 Å². The molecule has 1 aromatic carbocycles. The quantitative estimate of drug-likeness (QED) is 0.678. The molecule has 2 aromatic rings. The van der Waals surface area contributed by atoms with E-state index in [4.69, 9.17) is 27.6 Å². The monoisotopic (exact) mass is 286 g/mol. The third-order valence-electron chi connectivity index (χ3n) is 2.21. The number of nitrogens with one attached hydrogen (secondary N) is 1. The maximum atomic E-state index is 10.4. The summed E-state index contributed by atoms with van der Waals surface area (Å²) in [6, 6.07) is 7.84. The molecule has 0 aliphatic heterocycles. The first-order valence-corrected chi connectivity index (χ1v) is 5.74. The van der Waals surface area contributed by atoms with Crippen LogP contribution >= 0.6 is 23.2 Å². The maximum Gasteiger partial charge on any atom is 0.433 e. The van der Waals surface area contributed by atoms with E-state index in [0.29, 0.717) is 21.5 Å². The van der Waals surface area contributed by atoms with E-state index in [1.807, 2.05) is 0 Å². The van der Waals surface area contributed by atoms with Crippen LogP contribution in [0, 0.1) is 10.1 Å². The topological polar surface area (TPSA) is 68.3 Å². The second-order valence-corrected chi connectivity index (χ2v) is 4.32. The predicted molar refractivity (Wildman–Crippen MR) is 69.2 cm³/mol. The highest BCUT2D eigenvalue weighted by Gasteiger charge is 2.11. The molecule has 94 valence electrons. The number of rotatable bonds is 4. The molecule has 1 aromatic heterocycles. The van der Waals surface area contributed by atoms with Crippen molar-refractivity contribution in [3.05, 3.63) is 56.3 Å². The largest absolute Gasteiger partial charge is 0.433 e. The van der Waals surface area contributed by atoms with E-state index < -0.39 is 4.92 Å². The van der Waals surface area contributed by atoms with Gasteiger partial charge in [-0.15, -0.1) is 0 Å². The van der Waals surface area contributed by atoms with Crippen molar-refractivity contribution in [2.45, 2.75) is 6.54 Å². The molecular formula is C11H8Cl2N2O3. The highest BCUT2D eigenvalue weighted by molar-refractivity contribution is 6.35. The van der Waals surface area contributed by atoms with Gasteiger partial charge in [-0.1, -0.05) is 23.2 Å². The zero-order valence-corrected chi connectivity index (χ0v) is 10.5. The normalized spacial score (nSPS) is 10.3. The number of hydrogen-bond acceptors (Lipinski definition) is 4. The van der Waals surface area contributed by atoms with Crippen LogP contribution in [0.4, 0.5) is 11.6 Å². The molecule has 0 fully saturated rings. The maximum absolute atomic E-state index is 10.4. The Morgan fingerprint density at radius 3 is 2.72 bits per heavy atom. The Bertz CT molecular complexity index is 583. The molecule has 18 heavy (non-hydrogen) atoms. The molecule has 0 radical (unpaired) electrons. The minimum absolute atomic E-state index is 0.286. The molecule has 1 N–H and O–H groups in total. The van der Waals surface area contributed by atoms with Crippen LogP contribution in [0.5, 0.6) is 0 Å². The van der Waals surface area contributed by atoms with Gasteiger partial charge in [0.15, 0.2) is 0 Å². The number of hydrogen-bond donors (Lipinski definition) is 1. The standard InChI is InChI=1S/C11H8Cl2N2O3/c12-7-1-3-9(13)10(5-7)14-6-8-2-4-11(18-8)15(16)17/h1-5,14H,6H2. The summed E-state index contributed by atoms with van der Waals surface area (Å²) < 4.78 is 5.00. The molecule has 0 saturated carbocycles. The SMILES string of the molecule is O=[N+]([O-])c1ccc(CNc2cc(Cl)ccc2Cl)o1. The lowest BCUT2D eigenvalue weighted by molar-refractivity contribution is -0.402. The van der Waals surface area contributed by atoms with Crippen molar-refractivity contribution in [1.29, 1.82) is 0 Å². The van der Waals surface area contributed by atoms with Gasteiger partial charge in [-0.3, -0.25) is 10.1 Å². The van der Waals surface area contributed by atoms with Crippen molar-refractivity contribution in [3.8, 4) is 0 Å². The molecule has 5 nitrogen and oxygen atoms in total. The number of benzene rings is 1. The van der Waals surface area contributed by atoms with E-state index in [2.05, 4.69) is 5.32 Å². The number of nitro groups is 1. The molecule has 0 bridgehead atoms. The van der Waals surface area contributed by atoms with E-state index in [-0.39, 0.29) is 12.4 Å². The Morgan fingerprint density at radius 2 is 2.06 bits per heavy atom. The summed E-state index contributed by atoms with van der Waals surface area (Å²) in [7, 11) is 0. The first-order chi connectivity index (χ1) is 8.56. The van der Waals surface area contributed by atoms with Crippen molar-refractivity contribution < 1.29 is 9.34 Å². The van der Waals surface area contributed by atoms with Gasteiger partial charge in [0.05, 0.1) is 23.3 Å². The van der Waals surface area contributed by atoms with Gasteiger partial charge in [-0.05, 0) is 24.3 Å². The van der Waals surface area contributed by atoms with Crippen molar-refractivity contribution in [1.82, 2.24) is 0 Å². The van der Waals surface area contributed by atoms with Crippen LogP contribution in [0.25, 0.3) is 0 Å². The molecule has 2 rings (SSSR count). The Hall–Kier alpha value is -1.72. The summed E-state index contributed by atoms with van der Waals surface area (Å²) in [5.41, 5.74) is 0.642. The molecule has 0 atom stereocenters. The molecule has 0 aliphatic carbocycles. The van der Waals surface area contributed by atoms with Crippen molar-refractivity contribution in [2.24, 2.45) is 0 Å². The molecule has 0 aliphatic rings. The predicted octanol–water partition coefficient (Wildman–Crippen LogP) is 4.11. The minimum Gasteiger partial charge on any atom is -0.404 e. The van der Waals surface area contributed by atoms with E-state index in [0.717, 1.165) is 0 Å². The summed E-state index contributed by atoms with van der Waals surface area (Å²) in [5.74, 6) is 0.154. The Kier molecular flexibility index (Phi) is 3.74. The van der Waals surface area contributed by atoms with Crippen LogP contribution in [-0.4, -0.2) is 4.92 Å². The summed E-state index contributed by atoms with van der Waals surface area (Å²) >= 11 is 11.8. The van der Waals surface area contributed by atoms with E-state index in [9.17, 15) is 10.1 Å². The zero-order chi connectivity index (χ0) is 13.1. The van der Waals surface area contributed by atoms with Crippen LogP contribution in [-0.2, 0) is 6.54 Å². The summed E-state index contributed by atoms with van der Waals surface area (Å²) in [4.78, 5) is 9.85. The molecule has 0 amide bonds. The Labute approximate surface area is 112 Å². The number of anilines is 1. The van der Waals surface area contributed by atoms with Gasteiger partial charge in [0.2, 0.25) is 0 Å². The lowest BCUT2D eigenvalue weighted by Crippen LogP contribution is -1.98. The van der Waals surface area contributed by atoms with Gasteiger partial charge in [0.1, 0.15) is 10.7 Å². The van der Waals surface area contributed by atoms with Crippen molar-refractivity contribution in [2.75, 3.05) is 5.32 Å². The summed E-state index contributed by atoms with van der Waals surface area (Å²) in [6.45, 7) is 0.286. The fraction of sp³-hybridized carbons (Fsp3) is 0.0909. The van der Waals surface area contributed by atoms with Gasteiger partial charge >= 0.3 is 5.88 Å². The number of halogens is 2. The third-order valence-corrected chi connectivity index (χ3v) is 2.77. The van der Waals surface area contributed by atoms with E-state index in [1.165, 1.54) is 12.1 Å². The third kappa shape index (κ3) is 2.94. The second-order valence-electron chi connectivity index (χ2n) is 3.47. The highest BCUT2D eigenvalue weighted by atomic mass is 35.5. The number of furan rings is 1. The molecule has 0 unspecified atom stereocenters. The van der Waals surface area contributed by atoms with Crippen molar-refractivity contribution >= 4 is 34.8 Å². The zero-order valence-electron chi connectivity index (χ0n) is 9.02. The molecule has 0 spiro atoms. The van der Waals surface area contributed by atoms with E-state index >= 15 is 0 Å².